The largest absolute Gasteiger partial charge is 0.456 e. The normalized spacial score (nSPS) is 11.3. The Hall–Kier alpha value is -11.3. The second kappa shape index (κ2) is 28.0. The molecule has 6 heteroatoms. The molecule has 102 heavy (non-hydrogen) atoms. The lowest BCUT2D eigenvalue weighted by Gasteiger charge is -2.09. The molecule has 0 fully saturated rings. The van der Waals surface area contributed by atoms with Gasteiger partial charge in [-0.05, 0) is 212 Å². The van der Waals surface area contributed by atoms with Crippen LogP contribution in [0.2, 0.25) is 0 Å². The average molecular weight is 1360 g/mol. The van der Waals surface area contributed by atoms with Crippen LogP contribution >= 0.6 is 22.7 Å². The molecule has 0 atom stereocenters. The molecule has 0 saturated heterocycles. The van der Waals surface area contributed by atoms with E-state index in [-0.39, 0.29) is 0 Å². The highest BCUT2D eigenvalue weighted by Gasteiger charge is 2.18. The number of nitrogens with zero attached hydrogens (tertiary/aromatic N) is 2. The number of furan rings is 2. The molecule has 20 aromatic rings. The number of para-hydroxylation sites is 5. The summed E-state index contributed by atoms with van der Waals surface area (Å²) in [6, 6.07) is 99.0. The Kier molecular flexibility index (Phi) is 18.3. The van der Waals surface area contributed by atoms with E-state index in [1.54, 1.807) is 0 Å². The molecule has 0 unspecified atom stereocenters. The third-order valence-corrected chi connectivity index (χ3v) is 22.7. The van der Waals surface area contributed by atoms with Crippen molar-refractivity contribution in [1.82, 2.24) is 9.13 Å². The maximum Gasteiger partial charge on any atom is 0.138 e. The van der Waals surface area contributed by atoms with Crippen LogP contribution in [0.5, 0.6) is 0 Å². The van der Waals surface area contributed by atoms with E-state index in [9.17, 15) is 0 Å². The van der Waals surface area contributed by atoms with E-state index in [1.165, 1.54) is 184 Å². The van der Waals surface area contributed by atoms with Crippen LogP contribution in [0, 0.1) is 83.1 Å². The summed E-state index contributed by atoms with van der Waals surface area (Å²) in [4.78, 5) is 0. The molecule has 14 aromatic carbocycles. The maximum atomic E-state index is 5.86. The molecule has 0 amide bonds. The van der Waals surface area contributed by atoms with Crippen LogP contribution in [-0.4, -0.2) is 9.13 Å². The van der Waals surface area contributed by atoms with Crippen molar-refractivity contribution in [2.75, 3.05) is 0 Å². The van der Waals surface area contributed by atoms with Gasteiger partial charge in [-0.25, -0.2) is 0 Å². The van der Waals surface area contributed by atoms with Gasteiger partial charge in [-0.3, -0.25) is 0 Å². The van der Waals surface area contributed by atoms with Gasteiger partial charge in [-0.15, -0.1) is 22.7 Å². The van der Waals surface area contributed by atoms with Crippen molar-refractivity contribution >= 4 is 151 Å². The Morgan fingerprint density at radius 3 is 1.41 bits per heavy atom. The number of rotatable bonds is 2. The Labute approximate surface area is 604 Å². The van der Waals surface area contributed by atoms with Gasteiger partial charge >= 0.3 is 0 Å². The highest BCUT2D eigenvalue weighted by molar-refractivity contribution is 7.26. The summed E-state index contributed by atoms with van der Waals surface area (Å²) in [5, 5.41) is 16.0. The zero-order valence-electron chi connectivity index (χ0n) is 60.1. The fraction of sp³-hybridized carbons (Fsp3) is 0.125. The molecule has 0 aliphatic rings. The topological polar surface area (TPSA) is 36.1 Å². The lowest BCUT2D eigenvalue weighted by atomic mass is 10.0. The van der Waals surface area contributed by atoms with Crippen molar-refractivity contribution in [3.8, 4) is 11.4 Å². The molecular formula is C96H82N2O2S2. The van der Waals surface area contributed by atoms with Gasteiger partial charge in [-0.2, -0.15) is 0 Å². The van der Waals surface area contributed by atoms with Crippen molar-refractivity contribution in [2.45, 2.75) is 83.1 Å². The van der Waals surface area contributed by atoms with Gasteiger partial charge in [0.15, 0.2) is 0 Å². The molecule has 0 N–H and O–H groups in total. The zero-order chi connectivity index (χ0) is 70.4. The summed E-state index contributed by atoms with van der Waals surface area (Å²) < 4.78 is 22.1. The van der Waals surface area contributed by atoms with Gasteiger partial charge in [0.1, 0.15) is 22.3 Å². The monoisotopic (exact) mass is 1360 g/mol. The van der Waals surface area contributed by atoms with Crippen molar-refractivity contribution in [3.05, 3.63) is 346 Å². The van der Waals surface area contributed by atoms with Crippen LogP contribution in [0.25, 0.3) is 139 Å². The van der Waals surface area contributed by atoms with E-state index in [0.717, 1.165) is 22.3 Å². The van der Waals surface area contributed by atoms with Crippen LogP contribution in [0.1, 0.15) is 66.8 Å². The van der Waals surface area contributed by atoms with E-state index in [2.05, 4.69) is 347 Å². The fourth-order valence-corrected chi connectivity index (χ4v) is 17.4. The van der Waals surface area contributed by atoms with E-state index in [4.69, 9.17) is 8.83 Å². The lowest BCUT2D eigenvalue weighted by molar-refractivity contribution is 0.665. The smallest absolute Gasteiger partial charge is 0.138 e. The summed E-state index contributed by atoms with van der Waals surface area (Å²) in [5.74, 6) is 0. The number of aryl methyl sites for hydroxylation is 12. The highest BCUT2D eigenvalue weighted by atomic mass is 32.1. The molecule has 0 spiro atoms. The first-order valence-electron chi connectivity index (χ1n) is 35.2. The van der Waals surface area contributed by atoms with Crippen LogP contribution in [0.15, 0.2) is 288 Å². The van der Waals surface area contributed by atoms with Crippen molar-refractivity contribution in [1.29, 1.82) is 0 Å². The quantitative estimate of drug-likeness (QED) is 0.173. The van der Waals surface area contributed by atoms with Gasteiger partial charge < -0.3 is 18.0 Å². The summed E-state index contributed by atoms with van der Waals surface area (Å²) in [5.41, 5.74) is 27.3. The molecule has 0 saturated carbocycles. The van der Waals surface area contributed by atoms with E-state index in [0.29, 0.717) is 0 Å². The van der Waals surface area contributed by atoms with Gasteiger partial charge in [0.2, 0.25) is 0 Å². The Morgan fingerprint density at radius 1 is 0.235 bits per heavy atom. The first-order chi connectivity index (χ1) is 49.6. The predicted octanol–water partition coefficient (Wildman–Crippen LogP) is 28.5. The highest BCUT2D eigenvalue weighted by Crippen LogP contribution is 2.41. The molecule has 6 aromatic heterocycles. The summed E-state index contributed by atoms with van der Waals surface area (Å²) in [7, 11) is 0. The van der Waals surface area contributed by atoms with E-state index >= 15 is 0 Å². The molecule has 0 radical (unpaired) electrons. The Balaban J connectivity index is 0.0000000996. The number of hydrogen-bond donors (Lipinski definition) is 0. The summed E-state index contributed by atoms with van der Waals surface area (Å²) in [6.45, 7) is 25.8. The predicted molar refractivity (Wildman–Crippen MR) is 445 cm³/mol. The third kappa shape index (κ3) is 12.4. The minimum absolute atomic E-state index is 0.977. The van der Waals surface area contributed by atoms with E-state index < -0.39 is 0 Å². The number of fused-ring (bicyclic) bond motifs is 18. The van der Waals surface area contributed by atoms with Crippen molar-refractivity contribution in [3.63, 3.8) is 0 Å². The van der Waals surface area contributed by atoms with Crippen molar-refractivity contribution in [2.24, 2.45) is 0 Å². The standard InChI is InChI=1S/2C20H17N.2C14H12O.2C14H12S/c1-14-10-12-16(13-11-14)21-18-8-4-3-7-17(18)20-15(2)6-5-9-19(20)21;1-14-8-7-13-18-19(14)17-12-6-9-15(2)20(17)21(18)16-10-4-3-5-11-16;1-9-5-4-8-12-13(9)11-7-3-6-10(2)14(11)15-12;1-9-7-8-10(2)14-13(9)11-5-3-4-6-12(11)15-14;1-9-5-4-8-12-13(9)11-7-3-6-10(2)14(11)15-12;1-9-6-7-13-12(8-9)11-5-3-4-10(2)14(11)15-13/h2*3-13H,1-2H3;4*3-8H,1-2H3. The van der Waals surface area contributed by atoms with E-state index in [1.807, 2.05) is 46.9 Å². The van der Waals surface area contributed by atoms with Gasteiger partial charge in [0.05, 0.1) is 22.1 Å². The van der Waals surface area contributed by atoms with Crippen LogP contribution in [0.4, 0.5) is 0 Å². The molecule has 4 nitrogen and oxygen atoms in total. The van der Waals surface area contributed by atoms with Gasteiger partial charge in [0, 0.05) is 94.8 Å². The summed E-state index contributed by atoms with van der Waals surface area (Å²) >= 11 is 3.80. The van der Waals surface area contributed by atoms with Crippen molar-refractivity contribution < 1.29 is 8.83 Å². The average Bonchev–Trinajstić information content (AvgIpc) is 1.59. The third-order valence-electron chi connectivity index (χ3n) is 20.1. The number of hydrogen-bond acceptors (Lipinski definition) is 4. The Bertz CT molecular complexity index is 6400. The minimum atomic E-state index is 0.977. The molecule has 0 bridgehead atoms. The second-order valence-corrected chi connectivity index (χ2v) is 29.4. The first kappa shape index (κ1) is 66.6. The summed E-state index contributed by atoms with van der Waals surface area (Å²) in [6.07, 6.45) is 0. The molecule has 0 aliphatic heterocycles. The first-order valence-corrected chi connectivity index (χ1v) is 36.8. The number of aromatic nitrogens is 2. The van der Waals surface area contributed by atoms with Crippen LogP contribution in [0.3, 0.4) is 0 Å². The fourth-order valence-electron chi connectivity index (χ4n) is 15.0. The molecule has 0 aliphatic carbocycles. The zero-order valence-corrected chi connectivity index (χ0v) is 61.7. The molecular weight excluding hydrogens is 1280 g/mol. The molecule has 500 valence electrons. The SMILES string of the molecule is Cc1ccc(-n2c3ccccc3c3c(C)cccc32)cc1.Cc1ccc(C)c2c1oc1ccccc12.Cc1ccc2sc3c(C)cccc3c2c1.Cc1cccc2c1c1cccc(C)c1n2-c1ccccc1.Cc1cccc2c1oc1cccc(C)c12.Cc1cccc2c1sc1cccc(C)c12. The minimum Gasteiger partial charge on any atom is -0.456 e. The van der Waals surface area contributed by atoms with Gasteiger partial charge in [-0.1, -0.05) is 217 Å². The maximum absolute atomic E-state index is 5.86. The van der Waals surface area contributed by atoms with Crippen LogP contribution in [-0.2, 0) is 0 Å². The lowest BCUT2D eigenvalue weighted by Crippen LogP contribution is -1.94. The van der Waals surface area contributed by atoms with Crippen LogP contribution < -0.4 is 0 Å². The Morgan fingerprint density at radius 2 is 0.686 bits per heavy atom. The molecule has 6 heterocycles. The number of thiophene rings is 2. The second-order valence-electron chi connectivity index (χ2n) is 27.3. The molecule has 20 rings (SSSR count). The van der Waals surface area contributed by atoms with Gasteiger partial charge in [0.25, 0.3) is 0 Å². The number of benzene rings is 14.